The standard InChI is InChI=1S/C23H35N5OS/c1-18-8-9-21(19(2)15-18)24-16-22-25-26-23(28(22)17-20-7-6-13-29-20)30-14-12-27-10-4-3-5-11-27/h8-9,15,20,24H,3-7,10-14,16-17H2,1-2H3/p+1/t20-/m0/s1. The van der Waals surface area contributed by atoms with Crippen LogP contribution in [0, 0.1) is 13.8 Å². The zero-order valence-corrected chi connectivity index (χ0v) is 19.3. The number of hydrogen-bond acceptors (Lipinski definition) is 5. The summed E-state index contributed by atoms with van der Waals surface area (Å²) in [4.78, 5) is 1.75. The third kappa shape index (κ3) is 5.77. The van der Waals surface area contributed by atoms with E-state index in [1.54, 1.807) is 4.90 Å². The van der Waals surface area contributed by atoms with Gasteiger partial charge in [-0.1, -0.05) is 29.5 Å². The number of hydrogen-bond donors (Lipinski definition) is 2. The van der Waals surface area contributed by atoms with E-state index in [1.807, 2.05) is 11.8 Å². The quantitative estimate of drug-likeness (QED) is 0.599. The van der Waals surface area contributed by atoms with Crippen molar-refractivity contribution in [1.82, 2.24) is 14.8 Å². The molecule has 0 unspecified atom stereocenters. The predicted molar refractivity (Wildman–Crippen MR) is 122 cm³/mol. The summed E-state index contributed by atoms with van der Waals surface area (Å²) in [6.07, 6.45) is 6.73. The number of aryl methyl sites for hydroxylation is 2. The zero-order valence-electron chi connectivity index (χ0n) is 18.5. The Balaban J connectivity index is 1.40. The first-order valence-corrected chi connectivity index (χ1v) is 12.5. The molecule has 2 aliphatic rings. The van der Waals surface area contributed by atoms with Crippen LogP contribution in [0.2, 0.25) is 0 Å². The summed E-state index contributed by atoms with van der Waals surface area (Å²) in [6, 6.07) is 6.52. The third-order valence-corrected chi connectivity index (χ3v) is 7.24. The molecule has 2 N–H and O–H groups in total. The van der Waals surface area contributed by atoms with Gasteiger partial charge in [0.1, 0.15) is 0 Å². The fourth-order valence-corrected chi connectivity index (χ4v) is 5.51. The Morgan fingerprint density at radius 2 is 2.03 bits per heavy atom. The summed E-state index contributed by atoms with van der Waals surface area (Å²) in [5.74, 6) is 2.10. The summed E-state index contributed by atoms with van der Waals surface area (Å²) in [7, 11) is 0. The maximum Gasteiger partial charge on any atom is 0.191 e. The van der Waals surface area contributed by atoms with Gasteiger partial charge in [0, 0.05) is 12.3 Å². The van der Waals surface area contributed by atoms with E-state index in [-0.39, 0.29) is 6.10 Å². The van der Waals surface area contributed by atoms with E-state index in [9.17, 15) is 0 Å². The Morgan fingerprint density at radius 1 is 1.17 bits per heavy atom. The Kier molecular flexibility index (Phi) is 7.68. The smallest absolute Gasteiger partial charge is 0.191 e. The first-order valence-electron chi connectivity index (χ1n) is 11.5. The van der Waals surface area contributed by atoms with Crippen molar-refractivity contribution in [2.45, 2.75) is 70.3 Å². The molecule has 1 aromatic heterocycles. The van der Waals surface area contributed by atoms with Crippen molar-refractivity contribution in [1.29, 1.82) is 0 Å². The molecular formula is C23H36N5OS+. The molecule has 164 valence electrons. The number of thioether (sulfide) groups is 1. The second-order valence-corrected chi connectivity index (χ2v) is 9.79. The van der Waals surface area contributed by atoms with E-state index in [4.69, 9.17) is 4.74 Å². The number of ether oxygens (including phenoxy) is 1. The first-order chi connectivity index (χ1) is 14.7. The number of anilines is 1. The van der Waals surface area contributed by atoms with Crippen LogP contribution in [0.3, 0.4) is 0 Å². The van der Waals surface area contributed by atoms with Crippen molar-refractivity contribution in [3.8, 4) is 0 Å². The lowest BCUT2D eigenvalue weighted by Crippen LogP contribution is -3.13. The van der Waals surface area contributed by atoms with E-state index in [1.165, 1.54) is 50.0 Å². The molecule has 0 aliphatic carbocycles. The van der Waals surface area contributed by atoms with Crippen LogP contribution >= 0.6 is 11.8 Å². The fourth-order valence-electron chi connectivity index (χ4n) is 4.51. The second-order valence-electron chi connectivity index (χ2n) is 8.73. The van der Waals surface area contributed by atoms with Gasteiger partial charge in [-0.25, -0.2) is 0 Å². The van der Waals surface area contributed by atoms with Gasteiger partial charge in [0.15, 0.2) is 11.0 Å². The number of likely N-dealkylation sites (tertiary alicyclic amines) is 1. The molecule has 30 heavy (non-hydrogen) atoms. The number of quaternary nitrogens is 1. The molecule has 0 saturated carbocycles. The summed E-state index contributed by atoms with van der Waals surface area (Å²) in [5.41, 5.74) is 3.71. The zero-order chi connectivity index (χ0) is 20.8. The molecule has 3 heterocycles. The van der Waals surface area contributed by atoms with Crippen molar-refractivity contribution < 1.29 is 9.64 Å². The monoisotopic (exact) mass is 430 g/mol. The van der Waals surface area contributed by atoms with E-state index in [0.29, 0.717) is 6.54 Å². The molecule has 6 nitrogen and oxygen atoms in total. The minimum Gasteiger partial charge on any atom is -0.378 e. The topological polar surface area (TPSA) is 56.4 Å². The average molecular weight is 431 g/mol. The minimum atomic E-state index is 0.285. The molecular weight excluding hydrogens is 394 g/mol. The van der Waals surface area contributed by atoms with E-state index < -0.39 is 0 Å². The second kappa shape index (κ2) is 10.6. The maximum atomic E-state index is 5.92. The maximum absolute atomic E-state index is 5.92. The number of benzene rings is 1. The molecule has 1 atom stereocenters. The number of piperidine rings is 1. The summed E-state index contributed by atoms with van der Waals surface area (Å²) < 4.78 is 8.22. The summed E-state index contributed by atoms with van der Waals surface area (Å²) >= 11 is 1.86. The van der Waals surface area contributed by atoms with Gasteiger partial charge in [0.2, 0.25) is 0 Å². The lowest BCUT2D eigenvalue weighted by molar-refractivity contribution is -0.902. The molecule has 1 aromatic carbocycles. The van der Waals surface area contributed by atoms with Gasteiger partial charge in [-0.3, -0.25) is 0 Å². The lowest BCUT2D eigenvalue weighted by atomic mass is 10.1. The summed E-state index contributed by atoms with van der Waals surface area (Å²) in [6.45, 7) is 10.6. The SMILES string of the molecule is Cc1ccc(NCc2nnc(SCC[NH+]3CCCCC3)n2C[C@@H]2CCCO2)c(C)c1. The number of nitrogens with one attached hydrogen (secondary N) is 2. The Hall–Kier alpha value is -1.57. The first kappa shape index (κ1) is 21.7. The van der Waals surface area contributed by atoms with Crippen LogP contribution in [-0.4, -0.2) is 52.9 Å². The van der Waals surface area contributed by atoms with Crippen molar-refractivity contribution in [2.75, 3.05) is 37.3 Å². The highest BCUT2D eigenvalue weighted by atomic mass is 32.2. The molecule has 2 saturated heterocycles. The van der Waals surface area contributed by atoms with E-state index >= 15 is 0 Å². The Bertz CT molecular complexity index is 812. The molecule has 2 aliphatic heterocycles. The van der Waals surface area contributed by atoms with Gasteiger partial charge in [-0.15, -0.1) is 10.2 Å². The molecule has 2 fully saturated rings. The number of rotatable bonds is 9. The summed E-state index contributed by atoms with van der Waals surface area (Å²) in [5, 5.41) is 13.7. The van der Waals surface area contributed by atoms with Crippen LogP contribution in [0.25, 0.3) is 0 Å². The highest BCUT2D eigenvalue weighted by Gasteiger charge is 2.22. The minimum absolute atomic E-state index is 0.285. The number of aromatic nitrogens is 3. The van der Waals surface area contributed by atoms with Gasteiger partial charge >= 0.3 is 0 Å². The average Bonchev–Trinajstić information content (AvgIpc) is 3.39. The highest BCUT2D eigenvalue weighted by molar-refractivity contribution is 7.99. The molecule has 0 spiro atoms. The Labute approximate surface area is 184 Å². The van der Waals surface area contributed by atoms with Crippen LogP contribution in [0.5, 0.6) is 0 Å². The van der Waals surface area contributed by atoms with Crippen molar-refractivity contribution in [3.63, 3.8) is 0 Å². The molecule has 0 radical (unpaired) electrons. The third-order valence-electron chi connectivity index (χ3n) is 6.27. The lowest BCUT2D eigenvalue weighted by Gasteiger charge is -2.23. The highest BCUT2D eigenvalue weighted by Crippen LogP contribution is 2.22. The van der Waals surface area contributed by atoms with Crippen LogP contribution in [0.4, 0.5) is 5.69 Å². The van der Waals surface area contributed by atoms with Gasteiger partial charge in [0.05, 0.1) is 44.6 Å². The van der Waals surface area contributed by atoms with E-state index in [2.05, 4.69) is 52.1 Å². The number of nitrogens with zero attached hydrogens (tertiary/aromatic N) is 3. The predicted octanol–water partition coefficient (Wildman–Crippen LogP) is 2.85. The fraction of sp³-hybridized carbons (Fsp3) is 0.652. The van der Waals surface area contributed by atoms with Gasteiger partial charge in [0.25, 0.3) is 0 Å². The molecule has 2 aromatic rings. The molecule has 0 amide bonds. The van der Waals surface area contributed by atoms with E-state index in [0.717, 1.165) is 48.4 Å². The van der Waals surface area contributed by atoms with Gasteiger partial charge in [-0.05, 0) is 57.6 Å². The van der Waals surface area contributed by atoms with Crippen molar-refractivity contribution in [2.24, 2.45) is 0 Å². The van der Waals surface area contributed by atoms with Crippen molar-refractivity contribution >= 4 is 17.4 Å². The normalized spacial score (nSPS) is 20.0. The van der Waals surface area contributed by atoms with Gasteiger partial charge < -0.3 is 19.5 Å². The van der Waals surface area contributed by atoms with Crippen LogP contribution in [0.15, 0.2) is 23.4 Å². The van der Waals surface area contributed by atoms with Crippen LogP contribution in [-0.2, 0) is 17.8 Å². The molecule has 0 bridgehead atoms. The van der Waals surface area contributed by atoms with Crippen LogP contribution < -0.4 is 10.2 Å². The van der Waals surface area contributed by atoms with Gasteiger partial charge in [-0.2, -0.15) is 0 Å². The Morgan fingerprint density at radius 3 is 2.80 bits per heavy atom. The van der Waals surface area contributed by atoms with Crippen molar-refractivity contribution in [3.05, 3.63) is 35.2 Å². The van der Waals surface area contributed by atoms with Crippen LogP contribution in [0.1, 0.15) is 49.1 Å². The molecule has 7 heteroatoms. The largest absolute Gasteiger partial charge is 0.378 e. The molecule has 4 rings (SSSR count).